The van der Waals surface area contributed by atoms with Crippen molar-refractivity contribution in [1.29, 1.82) is 0 Å². The molecule has 114 valence electrons. The minimum absolute atomic E-state index is 0.271. The molecule has 0 saturated carbocycles. The summed E-state index contributed by atoms with van der Waals surface area (Å²) in [6.45, 7) is 0. The van der Waals surface area contributed by atoms with Crippen molar-refractivity contribution >= 4 is 37.0 Å². The second-order valence-electron chi connectivity index (χ2n) is 5.07. The van der Waals surface area contributed by atoms with Gasteiger partial charge in [-0.3, -0.25) is 0 Å². The summed E-state index contributed by atoms with van der Waals surface area (Å²) in [6, 6.07) is 8.87. The van der Waals surface area contributed by atoms with Gasteiger partial charge in [-0.1, -0.05) is 12.1 Å². The van der Waals surface area contributed by atoms with Crippen molar-refractivity contribution in [3.8, 4) is 11.1 Å². The first-order valence-corrected chi connectivity index (χ1v) is 8.78. The predicted octanol–water partition coefficient (Wildman–Crippen LogP) is 3.24. The fraction of sp³-hybridized carbons (Fsp3) is 0.133. The molecule has 0 spiro atoms. The lowest BCUT2D eigenvalue weighted by Crippen LogP contribution is -2.22. The van der Waals surface area contributed by atoms with Crippen LogP contribution in [0.25, 0.3) is 22.2 Å². The molecule has 0 fully saturated rings. The number of nitrogens with one attached hydrogen (secondary N) is 1. The van der Waals surface area contributed by atoms with E-state index in [2.05, 4.69) is 25.9 Å². The van der Waals surface area contributed by atoms with Gasteiger partial charge >= 0.3 is 0 Å². The van der Waals surface area contributed by atoms with Crippen LogP contribution in [-0.4, -0.2) is 36.8 Å². The molecule has 0 aliphatic rings. The maximum absolute atomic E-state index is 12.3. The van der Waals surface area contributed by atoms with Gasteiger partial charge in [-0.05, 0) is 39.7 Å². The molecule has 3 rings (SSSR count). The Balaban J connectivity index is 2.18. The molecule has 0 atom stereocenters. The second-order valence-corrected chi connectivity index (χ2v) is 8.13. The molecule has 22 heavy (non-hydrogen) atoms. The number of nitrogens with zero attached hydrogens (tertiary/aromatic N) is 2. The summed E-state index contributed by atoms with van der Waals surface area (Å²) >= 11 is 3.41. The number of aromatic amines is 1. The largest absolute Gasteiger partial charge is 0.346 e. The zero-order chi connectivity index (χ0) is 15.9. The van der Waals surface area contributed by atoms with Crippen LogP contribution in [0.1, 0.15) is 0 Å². The molecule has 3 aromatic rings. The van der Waals surface area contributed by atoms with Crippen LogP contribution >= 0.6 is 15.9 Å². The normalized spacial score (nSPS) is 12.2. The number of rotatable bonds is 3. The SMILES string of the molecule is CN(C)S(=O)(=O)c1cccc(-c2c[nH]c3ncc(Br)cc23)c1. The van der Waals surface area contributed by atoms with Crippen LogP contribution in [0.5, 0.6) is 0 Å². The number of hydrogen-bond donors (Lipinski definition) is 1. The lowest BCUT2D eigenvalue weighted by molar-refractivity contribution is 0.521. The van der Waals surface area contributed by atoms with Crippen LogP contribution in [0.3, 0.4) is 0 Å². The van der Waals surface area contributed by atoms with E-state index in [-0.39, 0.29) is 4.90 Å². The number of aromatic nitrogens is 2. The van der Waals surface area contributed by atoms with Crippen LogP contribution in [0.2, 0.25) is 0 Å². The molecule has 0 saturated heterocycles. The van der Waals surface area contributed by atoms with Gasteiger partial charge in [-0.15, -0.1) is 0 Å². The molecule has 2 heterocycles. The molecule has 0 aliphatic carbocycles. The van der Waals surface area contributed by atoms with Crippen molar-refractivity contribution in [3.05, 3.63) is 47.2 Å². The second kappa shape index (κ2) is 5.49. The maximum Gasteiger partial charge on any atom is 0.242 e. The van der Waals surface area contributed by atoms with Crippen LogP contribution in [-0.2, 0) is 10.0 Å². The molecular formula is C15H14BrN3O2S. The number of hydrogen-bond acceptors (Lipinski definition) is 3. The van der Waals surface area contributed by atoms with Crippen molar-refractivity contribution in [3.63, 3.8) is 0 Å². The highest BCUT2D eigenvalue weighted by atomic mass is 79.9. The van der Waals surface area contributed by atoms with Gasteiger partial charge in [0.25, 0.3) is 0 Å². The minimum atomic E-state index is -3.45. The summed E-state index contributed by atoms with van der Waals surface area (Å²) in [6.07, 6.45) is 3.56. The van der Waals surface area contributed by atoms with E-state index in [1.165, 1.54) is 18.4 Å². The monoisotopic (exact) mass is 379 g/mol. The van der Waals surface area contributed by atoms with Gasteiger partial charge in [0.1, 0.15) is 5.65 Å². The van der Waals surface area contributed by atoms with Crippen LogP contribution in [0.4, 0.5) is 0 Å². The van der Waals surface area contributed by atoms with Gasteiger partial charge in [-0.25, -0.2) is 17.7 Å². The fourth-order valence-electron chi connectivity index (χ4n) is 2.25. The third kappa shape index (κ3) is 2.55. The van der Waals surface area contributed by atoms with Crippen molar-refractivity contribution in [1.82, 2.24) is 14.3 Å². The van der Waals surface area contributed by atoms with Crippen molar-refractivity contribution in [2.45, 2.75) is 4.90 Å². The fourth-order valence-corrected chi connectivity index (χ4v) is 3.53. The summed E-state index contributed by atoms with van der Waals surface area (Å²) in [4.78, 5) is 7.67. The topological polar surface area (TPSA) is 66.1 Å². The van der Waals surface area contributed by atoms with Gasteiger partial charge in [0.15, 0.2) is 0 Å². The summed E-state index contributed by atoms with van der Waals surface area (Å²) in [5.41, 5.74) is 2.51. The number of benzene rings is 1. The average Bonchev–Trinajstić information content (AvgIpc) is 2.90. The van der Waals surface area contributed by atoms with Crippen molar-refractivity contribution in [2.24, 2.45) is 0 Å². The van der Waals surface area contributed by atoms with Crippen molar-refractivity contribution < 1.29 is 8.42 Å². The highest BCUT2D eigenvalue weighted by molar-refractivity contribution is 9.10. The summed E-state index contributed by atoms with van der Waals surface area (Å²) in [5.74, 6) is 0. The molecule has 0 radical (unpaired) electrons. The van der Waals surface area contributed by atoms with Crippen LogP contribution in [0.15, 0.2) is 52.1 Å². The van der Waals surface area contributed by atoms with E-state index in [1.807, 2.05) is 18.3 Å². The van der Waals surface area contributed by atoms with E-state index >= 15 is 0 Å². The Bertz CT molecular complexity index is 948. The van der Waals surface area contributed by atoms with Gasteiger partial charge in [-0.2, -0.15) is 0 Å². The molecule has 5 nitrogen and oxygen atoms in total. The Morgan fingerprint density at radius 1 is 1.23 bits per heavy atom. The third-order valence-electron chi connectivity index (χ3n) is 3.42. The molecule has 0 unspecified atom stereocenters. The van der Waals surface area contributed by atoms with Gasteiger partial charge in [0, 0.05) is 41.9 Å². The van der Waals surface area contributed by atoms with E-state index in [1.54, 1.807) is 24.4 Å². The number of sulfonamides is 1. The predicted molar refractivity (Wildman–Crippen MR) is 90.1 cm³/mol. The Morgan fingerprint density at radius 2 is 2.00 bits per heavy atom. The van der Waals surface area contributed by atoms with Gasteiger partial charge in [0.2, 0.25) is 10.0 Å². The van der Waals surface area contributed by atoms with E-state index in [4.69, 9.17) is 0 Å². The molecule has 2 aromatic heterocycles. The standard InChI is InChI=1S/C15H14BrN3O2S/c1-19(2)22(20,21)12-5-3-4-10(6-12)14-9-18-15-13(14)7-11(16)8-17-15/h3-9H,1-2H3,(H,17,18). The summed E-state index contributed by atoms with van der Waals surface area (Å²) in [7, 11) is -0.409. The molecule has 0 aliphatic heterocycles. The molecule has 1 N–H and O–H groups in total. The van der Waals surface area contributed by atoms with E-state index in [0.717, 1.165) is 26.6 Å². The van der Waals surface area contributed by atoms with E-state index in [0.29, 0.717) is 0 Å². The first-order chi connectivity index (χ1) is 10.4. The number of H-pyrrole nitrogens is 1. The quantitative estimate of drug-likeness (QED) is 0.759. The molecular weight excluding hydrogens is 366 g/mol. The lowest BCUT2D eigenvalue weighted by Gasteiger charge is -2.12. The number of halogens is 1. The first-order valence-electron chi connectivity index (χ1n) is 6.55. The zero-order valence-electron chi connectivity index (χ0n) is 12.0. The van der Waals surface area contributed by atoms with Crippen LogP contribution < -0.4 is 0 Å². The number of fused-ring (bicyclic) bond motifs is 1. The van der Waals surface area contributed by atoms with Crippen LogP contribution in [0, 0.1) is 0 Å². The smallest absolute Gasteiger partial charge is 0.242 e. The van der Waals surface area contributed by atoms with Crippen molar-refractivity contribution in [2.75, 3.05) is 14.1 Å². The zero-order valence-corrected chi connectivity index (χ0v) is 14.4. The highest BCUT2D eigenvalue weighted by Gasteiger charge is 2.18. The first kappa shape index (κ1) is 15.2. The Morgan fingerprint density at radius 3 is 2.73 bits per heavy atom. The lowest BCUT2D eigenvalue weighted by atomic mass is 10.1. The Hall–Kier alpha value is -1.70. The Kier molecular flexibility index (Phi) is 3.80. The van der Waals surface area contributed by atoms with Gasteiger partial charge < -0.3 is 4.98 Å². The summed E-state index contributed by atoms with van der Waals surface area (Å²) < 4.78 is 26.6. The Labute approximate surface area is 137 Å². The number of pyridine rings is 1. The molecule has 0 bridgehead atoms. The summed E-state index contributed by atoms with van der Waals surface area (Å²) in [5, 5.41) is 0.939. The van der Waals surface area contributed by atoms with E-state index in [9.17, 15) is 8.42 Å². The van der Waals surface area contributed by atoms with Gasteiger partial charge in [0.05, 0.1) is 4.90 Å². The minimum Gasteiger partial charge on any atom is -0.346 e. The molecule has 0 amide bonds. The third-order valence-corrected chi connectivity index (χ3v) is 5.67. The maximum atomic E-state index is 12.3. The molecule has 7 heteroatoms. The highest BCUT2D eigenvalue weighted by Crippen LogP contribution is 2.31. The van der Waals surface area contributed by atoms with E-state index < -0.39 is 10.0 Å². The average molecular weight is 380 g/mol. The molecule has 1 aromatic carbocycles.